The Hall–Kier alpha value is -1.33. The third-order valence-electron chi connectivity index (χ3n) is 3.15. The minimum absolute atomic E-state index is 0.00146. The summed E-state index contributed by atoms with van der Waals surface area (Å²) in [5.41, 5.74) is 8.48. The molecule has 1 amide bonds. The Bertz CT molecular complexity index is 513. The molecule has 1 aromatic rings. The highest BCUT2D eigenvalue weighted by Crippen LogP contribution is 2.24. The Kier molecular flexibility index (Phi) is 4.61. The van der Waals surface area contributed by atoms with Gasteiger partial charge in [0.05, 0.1) is 12.2 Å². The van der Waals surface area contributed by atoms with Crippen LogP contribution < -0.4 is 11.1 Å². The maximum atomic E-state index is 12.0. The van der Waals surface area contributed by atoms with E-state index in [0.717, 1.165) is 29.7 Å². The highest BCUT2D eigenvalue weighted by Gasteiger charge is 2.14. The molecule has 4 nitrogen and oxygen atoms in total. The fourth-order valence-electron chi connectivity index (χ4n) is 1.98. The van der Waals surface area contributed by atoms with Gasteiger partial charge in [0.2, 0.25) is 5.91 Å². The first kappa shape index (κ1) is 14.1. The van der Waals surface area contributed by atoms with E-state index in [0.29, 0.717) is 12.2 Å². The standard InChI is InChI=1S/C14H18BrN3O/c1-10-4-6-18(7-5-10)9-14(19)17-13-3-2-11(16)8-12(13)15/h2-4,8H,5-7,9,16H2,1H3,(H,17,19). The summed E-state index contributed by atoms with van der Waals surface area (Å²) in [6.07, 6.45) is 3.22. The second kappa shape index (κ2) is 6.21. The molecule has 19 heavy (non-hydrogen) atoms. The first-order valence-corrected chi connectivity index (χ1v) is 7.07. The molecule has 0 aliphatic carbocycles. The molecule has 0 saturated heterocycles. The first-order chi connectivity index (χ1) is 9.04. The largest absolute Gasteiger partial charge is 0.399 e. The van der Waals surface area contributed by atoms with Crippen molar-refractivity contribution in [1.29, 1.82) is 0 Å². The van der Waals surface area contributed by atoms with Crippen LogP contribution in [0.25, 0.3) is 0 Å². The van der Waals surface area contributed by atoms with Gasteiger partial charge in [-0.05, 0) is 47.5 Å². The monoisotopic (exact) mass is 323 g/mol. The minimum Gasteiger partial charge on any atom is -0.399 e. The number of benzene rings is 1. The van der Waals surface area contributed by atoms with Crippen LogP contribution in [0.1, 0.15) is 13.3 Å². The van der Waals surface area contributed by atoms with E-state index in [1.807, 2.05) is 0 Å². The van der Waals surface area contributed by atoms with Crippen molar-refractivity contribution in [2.45, 2.75) is 13.3 Å². The van der Waals surface area contributed by atoms with Gasteiger partial charge in [0.1, 0.15) is 0 Å². The minimum atomic E-state index is -0.00146. The van der Waals surface area contributed by atoms with Crippen molar-refractivity contribution < 1.29 is 4.79 Å². The molecule has 0 atom stereocenters. The second-order valence-corrected chi connectivity index (χ2v) is 5.68. The van der Waals surface area contributed by atoms with E-state index in [2.05, 4.69) is 39.1 Å². The zero-order valence-electron chi connectivity index (χ0n) is 10.9. The van der Waals surface area contributed by atoms with Gasteiger partial charge < -0.3 is 11.1 Å². The Morgan fingerprint density at radius 3 is 2.95 bits per heavy atom. The van der Waals surface area contributed by atoms with Gasteiger partial charge in [0.15, 0.2) is 0 Å². The van der Waals surface area contributed by atoms with Gasteiger partial charge in [-0.15, -0.1) is 0 Å². The molecule has 0 fully saturated rings. The summed E-state index contributed by atoms with van der Waals surface area (Å²) in [5, 5.41) is 2.89. The lowest BCUT2D eigenvalue weighted by molar-refractivity contribution is -0.117. The highest BCUT2D eigenvalue weighted by atomic mass is 79.9. The third-order valence-corrected chi connectivity index (χ3v) is 3.81. The van der Waals surface area contributed by atoms with E-state index >= 15 is 0 Å². The van der Waals surface area contributed by atoms with Crippen molar-refractivity contribution >= 4 is 33.2 Å². The molecule has 1 aliphatic heterocycles. The summed E-state index contributed by atoms with van der Waals surface area (Å²) in [6, 6.07) is 5.35. The van der Waals surface area contributed by atoms with Crippen molar-refractivity contribution in [1.82, 2.24) is 4.90 Å². The van der Waals surface area contributed by atoms with Gasteiger partial charge in [0, 0.05) is 23.2 Å². The SMILES string of the molecule is CC1=CCN(CC(=O)Nc2ccc(N)cc2Br)CC1. The molecule has 3 N–H and O–H groups in total. The number of amides is 1. The number of carbonyl (C=O) groups is 1. The lowest BCUT2D eigenvalue weighted by Gasteiger charge is -2.24. The normalized spacial score (nSPS) is 16.0. The molecular weight excluding hydrogens is 306 g/mol. The topological polar surface area (TPSA) is 58.4 Å². The molecule has 102 valence electrons. The fourth-order valence-corrected chi connectivity index (χ4v) is 2.48. The summed E-state index contributed by atoms with van der Waals surface area (Å²) < 4.78 is 0.801. The van der Waals surface area contributed by atoms with E-state index in [1.54, 1.807) is 18.2 Å². The molecule has 2 rings (SSSR count). The van der Waals surface area contributed by atoms with Crippen molar-refractivity contribution in [2.24, 2.45) is 0 Å². The lowest BCUT2D eigenvalue weighted by atomic mass is 10.1. The number of hydrogen-bond donors (Lipinski definition) is 2. The highest BCUT2D eigenvalue weighted by molar-refractivity contribution is 9.10. The van der Waals surface area contributed by atoms with Crippen LogP contribution in [0.5, 0.6) is 0 Å². The Morgan fingerprint density at radius 1 is 1.53 bits per heavy atom. The molecule has 0 bridgehead atoms. The average Bonchev–Trinajstić information content (AvgIpc) is 2.36. The number of nitrogens with zero attached hydrogens (tertiary/aromatic N) is 1. The quantitative estimate of drug-likeness (QED) is 0.664. The summed E-state index contributed by atoms with van der Waals surface area (Å²) >= 11 is 3.39. The van der Waals surface area contributed by atoms with Crippen LogP contribution in [0.3, 0.4) is 0 Å². The maximum absolute atomic E-state index is 12.0. The Balaban J connectivity index is 1.91. The van der Waals surface area contributed by atoms with Crippen LogP contribution in [-0.2, 0) is 4.79 Å². The fraction of sp³-hybridized carbons (Fsp3) is 0.357. The smallest absolute Gasteiger partial charge is 0.238 e. The molecule has 0 aromatic heterocycles. The number of nitrogens with two attached hydrogens (primary N) is 1. The van der Waals surface area contributed by atoms with Gasteiger partial charge in [-0.3, -0.25) is 9.69 Å². The number of carbonyl (C=O) groups excluding carboxylic acids is 1. The molecule has 0 spiro atoms. The summed E-state index contributed by atoms with van der Waals surface area (Å²) in [7, 11) is 0. The van der Waals surface area contributed by atoms with Crippen LogP contribution in [0.2, 0.25) is 0 Å². The van der Waals surface area contributed by atoms with Crippen molar-refractivity contribution in [3.63, 3.8) is 0 Å². The Morgan fingerprint density at radius 2 is 2.32 bits per heavy atom. The number of nitrogens with one attached hydrogen (secondary N) is 1. The van der Waals surface area contributed by atoms with Crippen LogP contribution >= 0.6 is 15.9 Å². The summed E-state index contributed by atoms with van der Waals surface area (Å²) in [6.45, 7) is 4.34. The zero-order valence-corrected chi connectivity index (χ0v) is 12.5. The van der Waals surface area contributed by atoms with E-state index in [9.17, 15) is 4.79 Å². The lowest BCUT2D eigenvalue weighted by Crippen LogP contribution is -2.36. The van der Waals surface area contributed by atoms with Crippen LogP contribution in [0.15, 0.2) is 34.3 Å². The van der Waals surface area contributed by atoms with E-state index < -0.39 is 0 Å². The Labute approximate surface area is 121 Å². The average molecular weight is 324 g/mol. The van der Waals surface area contributed by atoms with E-state index in [-0.39, 0.29) is 5.91 Å². The summed E-state index contributed by atoms with van der Waals surface area (Å²) in [5.74, 6) is -0.00146. The van der Waals surface area contributed by atoms with Crippen LogP contribution in [0, 0.1) is 0 Å². The number of anilines is 2. The first-order valence-electron chi connectivity index (χ1n) is 6.27. The number of rotatable bonds is 3. The molecule has 0 unspecified atom stereocenters. The number of hydrogen-bond acceptors (Lipinski definition) is 3. The van der Waals surface area contributed by atoms with E-state index in [1.165, 1.54) is 5.57 Å². The third kappa shape index (κ3) is 4.08. The van der Waals surface area contributed by atoms with E-state index in [4.69, 9.17) is 5.73 Å². The summed E-state index contributed by atoms with van der Waals surface area (Å²) in [4.78, 5) is 14.1. The molecule has 1 aliphatic rings. The van der Waals surface area contributed by atoms with Gasteiger partial charge in [0.25, 0.3) is 0 Å². The molecule has 5 heteroatoms. The van der Waals surface area contributed by atoms with Crippen molar-refractivity contribution in [2.75, 3.05) is 30.7 Å². The number of halogens is 1. The van der Waals surface area contributed by atoms with Gasteiger partial charge >= 0.3 is 0 Å². The predicted molar refractivity (Wildman–Crippen MR) is 82.0 cm³/mol. The molecule has 0 saturated carbocycles. The van der Waals surface area contributed by atoms with Crippen molar-refractivity contribution in [3.8, 4) is 0 Å². The van der Waals surface area contributed by atoms with Gasteiger partial charge in [-0.1, -0.05) is 11.6 Å². The van der Waals surface area contributed by atoms with Crippen LogP contribution in [0.4, 0.5) is 11.4 Å². The van der Waals surface area contributed by atoms with Crippen molar-refractivity contribution in [3.05, 3.63) is 34.3 Å². The second-order valence-electron chi connectivity index (χ2n) is 4.82. The van der Waals surface area contributed by atoms with Gasteiger partial charge in [-0.2, -0.15) is 0 Å². The van der Waals surface area contributed by atoms with Gasteiger partial charge in [-0.25, -0.2) is 0 Å². The zero-order chi connectivity index (χ0) is 13.8. The molecule has 1 aromatic carbocycles. The molecule has 0 radical (unpaired) electrons. The predicted octanol–water partition coefficient (Wildman–Crippen LogP) is 2.62. The molecule has 1 heterocycles. The maximum Gasteiger partial charge on any atom is 0.238 e. The van der Waals surface area contributed by atoms with Crippen LogP contribution in [-0.4, -0.2) is 30.4 Å². The number of nitrogen functional groups attached to an aromatic ring is 1. The molecular formula is C14H18BrN3O.